The number of aromatic nitrogens is 2. The summed E-state index contributed by atoms with van der Waals surface area (Å²) < 4.78 is 0. The largest absolute Gasteiger partial charge is 0.312 e. The van der Waals surface area contributed by atoms with Gasteiger partial charge >= 0.3 is 0 Å². The average Bonchev–Trinajstić information content (AvgIpc) is 2.57. The fourth-order valence-corrected chi connectivity index (χ4v) is 3.22. The summed E-state index contributed by atoms with van der Waals surface area (Å²) in [6.07, 6.45) is 2.77. The summed E-state index contributed by atoms with van der Waals surface area (Å²) in [5.41, 5.74) is 2.59. The highest BCUT2D eigenvalue weighted by Crippen LogP contribution is 2.32. The second kappa shape index (κ2) is 3.00. The van der Waals surface area contributed by atoms with E-state index >= 15 is 0 Å². The van der Waals surface area contributed by atoms with E-state index in [-0.39, 0.29) is 0 Å². The molecule has 0 aliphatic carbocycles. The Morgan fingerprint density at radius 1 is 1.43 bits per heavy atom. The van der Waals surface area contributed by atoms with E-state index in [0.717, 1.165) is 30.0 Å². The molecule has 0 aromatic carbocycles. The summed E-state index contributed by atoms with van der Waals surface area (Å²) in [5.74, 6) is 0. The van der Waals surface area contributed by atoms with Crippen LogP contribution < -0.4 is 5.32 Å². The first kappa shape index (κ1) is 8.32. The molecule has 1 N–H and O–H groups in total. The number of rotatable bonds is 0. The molecule has 0 radical (unpaired) electrons. The van der Waals surface area contributed by atoms with Gasteiger partial charge in [0.25, 0.3) is 0 Å². The van der Waals surface area contributed by atoms with Crippen molar-refractivity contribution in [1.29, 1.82) is 0 Å². The Bertz CT molecular complexity index is 489. The minimum Gasteiger partial charge on any atom is -0.312 e. The van der Waals surface area contributed by atoms with Crippen LogP contribution in [0.4, 0.5) is 0 Å². The summed E-state index contributed by atoms with van der Waals surface area (Å²) in [4.78, 5) is 11.2. The van der Waals surface area contributed by atoms with Crippen LogP contribution in [0.3, 0.4) is 0 Å². The first-order valence-corrected chi connectivity index (χ1v) is 5.60. The van der Waals surface area contributed by atoms with Gasteiger partial charge in [-0.05, 0) is 25.5 Å². The Hall–Kier alpha value is -1.00. The molecule has 0 unspecified atom stereocenters. The Morgan fingerprint density at radius 2 is 2.36 bits per heavy atom. The lowest BCUT2D eigenvalue weighted by atomic mass is 10.1. The number of thiophene rings is 1. The molecule has 4 heteroatoms. The standard InChI is InChI=1S/C10H11N3S/c1-6-9-7-2-3-11-4-8(7)14-10(9)13-5-12-6/h5,11H,2-4H2,1H3. The maximum atomic E-state index is 4.33. The molecular weight excluding hydrogens is 194 g/mol. The van der Waals surface area contributed by atoms with Crippen molar-refractivity contribution in [2.24, 2.45) is 0 Å². The van der Waals surface area contributed by atoms with Crippen molar-refractivity contribution in [3.05, 3.63) is 22.5 Å². The first-order valence-electron chi connectivity index (χ1n) is 4.79. The number of hydrogen-bond acceptors (Lipinski definition) is 4. The number of nitrogens with one attached hydrogen (secondary N) is 1. The Labute approximate surface area is 86.2 Å². The Morgan fingerprint density at radius 3 is 3.29 bits per heavy atom. The lowest BCUT2D eigenvalue weighted by Gasteiger charge is -2.12. The molecule has 3 nitrogen and oxygen atoms in total. The zero-order chi connectivity index (χ0) is 9.54. The Balaban J connectivity index is 2.38. The smallest absolute Gasteiger partial charge is 0.127 e. The van der Waals surface area contributed by atoms with Gasteiger partial charge in [-0.25, -0.2) is 9.97 Å². The molecule has 3 rings (SSSR count). The van der Waals surface area contributed by atoms with E-state index < -0.39 is 0 Å². The summed E-state index contributed by atoms with van der Waals surface area (Å²) in [6.45, 7) is 4.14. The van der Waals surface area contributed by atoms with Gasteiger partial charge in [-0.1, -0.05) is 0 Å². The summed E-state index contributed by atoms with van der Waals surface area (Å²) in [7, 11) is 0. The summed E-state index contributed by atoms with van der Waals surface area (Å²) in [5, 5.41) is 4.68. The van der Waals surface area contributed by atoms with Gasteiger partial charge < -0.3 is 5.32 Å². The SMILES string of the molecule is Cc1ncnc2sc3c(c12)CCNC3. The number of aryl methyl sites for hydroxylation is 1. The molecule has 2 aromatic rings. The second-order valence-corrected chi connectivity index (χ2v) is 4.65. The third kappa shape index (κ3) is 1.07. The topological polar surface area (TPSA) is 37.8 Å². The van der Waals surface area contributed by atoms with Crippen molar-refractivity contribution in [1.82, 2.24) is 15.3 Å². The number of fused-ring (bicyclic) bond motifs is 3. The van der Waals surface area contributed by atoms with Crippen LogP contribution in [-0.4, -0.2) is 16.5 Å². The molecule has 0 bridgehead atoms. The molecule has 0 atom stereocenters. The van der Waals surface area contributed by atoms with E-state index in [4.69, 9.17) is 0 Å². The maximum absolute atomic E-state index is 4.33. The van der Waals surface area contributed by atoms with Gasteiger partial charge in [-0.2, -0.15) is 0 Å². The molecule has 0 amide bonds. The molecule has 1 aliphatic heterocycles. The predicted octanol–water partition coefficient (Wildman–Crippen LogP) is 1.65. The minimum absolute atomic E-state index is 0.996. The zero-order valence-electron chi connectivity index (χ0n) is 8.00. The highest BCUT2D eigenvalue weighted by atomic mass is 32.1. The van der Waals surface area contributed by atoms with Crippen LogP contribution in [0.25, 0.3) is 10.2 Å². The molecule has 0 saturated carbocycles. The summed E-state index contributed by atoms with van der Waals surface area (Å²) in [6, 6.07) is 0. The highest BCUT2D eigenvalue weighted by Gasteiger charge is 2.17. The lowest BCUT2D eigenvalue weighted by Crippen LogP contribution is -2.22. The van der Waals surface area contributed by atoms with Crippen LogP contribution in [0.15, 0.2) is 6.33 Å². The highest BCUT2D eigenvalue weighted by molar-refractivity contribution is 7.18. The van der Waals surface area contributed by atoms with Crippen molar-refractivity contribution >= 4 is 21.6 Å². The summed E-state index contributed by atoms with van der Waals surface area (Å²) >= 11 is 1.80. The first-order chi connectivity index (χ1) is 6.86. The van der Waals surface area contributed by atoms with Crippen LogP contribution in [0.5, 0.6) is 0 Å². The maximum Gasteiger partial charge on any atom is 0.127 e. The van der Waals surface area contributed by atoms with Gasteiger partial charge in [-0.3, -0.25) is 0 Å². The van der Waals surface area contributed by atoms with Crippen molar-refractivity contribution in [2.45, 2.75) is 19.9 Å². The molecule has 0 fully saturated rings. The van der Waals surface area contributed by atoms with Gasteiger partial charge in [0, 0.05) is 22.5 Å². The minimum atomic E-state index is 0.996. The van der Waals surface area contributed by atoms with Crippen LogP contribution in [0.1, 0.15) is 16.1 Å². The molecule has 14 heavy (non-hydrogen) atoms. The lowest BCUT2D eigenvalue weighted by molar-refractivity contribution is 0.657. The predicted molar refractivity (Wildman–Crippen MR) is 57.6 cm³/mol. The fraction of sp³-hybridized carbons (Fsp3) is 0.400. The van der Waals surface area contributed by atoms with Crippen molar-refractivity contribution in [3.63, 3.8) is 0 Å². The van der Waals surface area contributed by atoms with Crippen LogP contribution in [0, 0.1) is 6.92 Å². The van der Waals surface area contributed by atoms with Gasteiger partial charge in [0.15, 0.2) is 0 Å². The van der Waals surface area contributed by atoms with Crippen LogP contribution in [0.2, 0.25) is 0 Å². The second-order valence-electron chi connectivity index (χ2n) is 3.57. The number of hydrogen-bond donors (Lipinski definition) is 1. The quantitative estimate of drug-likeness (QED) is 0.710. The molecule has 2 aromatic heterocycles. The number of nitrogens with zero attached hydrogens (tertiary/aromatic N) is 2. The van der Waals surface area contributed by atoms with E-state index in [1.807, 2.05) is 0 Å². The monoisotopic (exact) mass is 205 g/mol. The van der Waals surface area contributed by atoms with E-state index in [9.17, 15) is 0 Å². The third-order valence-corrected chi connectivity index (χ3v) is 3.84. The van der Waals surface area contributed by atoms with E-state index in [0.29, 0.717) is 0 Å². The van der Waals surface area contributed by atoms with Gasteiger partial charge in [-0.15, -0.1) is 11.3 Å². The molecule has 0 spiro atoms. The third-order valence-electron chi connectivity index (χ3n) is 2.70. The fourth-order valence-electron chi connectivity index (χ4n) is 2.02. The van der Waals surface area contributed by atoms with E-state index in [2.05, 4.69) is 22.2 Å². The Kier molecular flexibility index (Phi) is 1.78. The van der Waals surface area contributed by atoms with Crippen molar-refractivity contribution < 1.29 is 0 Å². The van der Waals surface area contributed by atoms with Gasteiger partial charge in [0.2, 0.25) is 0 Å². The molecular formula is C10H11N3S. The molecule has 72 valence electrons. The van der Waals surface area contributed by atoms with Crippen LogP contribution in [-0.2, 0) is 13.0 Å². The van der Waals surface area contributed by atoms with E-state index in [1.165, 1.54) is 15.8 Å². The molecule has 1 aliphatic rings. The van der Waals surface area contributed by atoms with Gasteiger partial charge in [0.1, 0.15) is 11.2 Å². The zero-order valence-corrected chi connectivity index (χ0v) is 8.82. The normalized spacial score (nSPS) is 15.8. The van der Waals surface area contributed by atoms with Crippen LogP contribution >= 0.6 is 11.3 Å². The average molecular weight is 205 g/mol. The van der Waals surface area contributed by atoms with E-state index in [1.54, 1.807) is 17.7 Å². The van der Waals surface area contributed by atoms with Gasteiger partial charge in [0.05, 0.1) is 0 Å². The molecule has 3 heterocycles. The van der Waals surface area contributed by atoms with Crippen molar-refractivity contribution in [2.75, 3.05) is 6.54 Å². The molecule has 0 saturated heterocycles. The van der Waals surface area contributed by atoms with Crippen molar-refractivity contribution in [3.8, 4) is 0 Å².